The number of carbonyl (C=O) groups excluding carboxylic acids is 3. The standard InChI is InChI=1S/C29H35N3O4S/c1-4-15-30-26(34)22-21-13-14-29(37-21)23(22)28(36)32(20(16-33)19-11-6-5-7-12-19)25(29)27(35)31-24-17(2)9-8-10-18(24)3/h5-12,20-23,25,33H,4,13-16H2,1-3H3,(H,30,34)(H,31,35)/t20-,21+,22-,23+,25?,29?/m1/s1. The van der Waals surface area contributed by atoms with Gasteiger partial charge in [0.1, 0.15) is 6.04 Å². The molecule has 3 fully saturated rings. The van der Waals surface area contributed by atoms with Gasteiger partial charge in [-0.05, 0) is 49.8 Å². The second-order valence-electron chi connectivity index (χ2n) is 10.5. The number of para-hydroxylation sites is 1. The van der Waals surface area contributed by atoms with Crippen LogP contribution in [0.5, 0.6) is 0 Å². The predicted octanol–water partition coefficient (Wildman–Crippen LogP) is 3.59. The van der Waals surface area contributed by atoms with E-state index in [9.17, 15) is 19.5 Å². The Kier molecular flexibility index (Phi) is 7.07. The highest BCUT2D eigenvalue weighted by atomic mass is 32.2. The van der Waals surface area contributed by atoms with Crippen LogP contribution in [0.1, 0.15) is 48.9 Å². The van der Waals surface area contributed by atoms with Crippen LogP contribution in [0.4, 0.5) is 5.69 Å². The Balaban J connectivity index is 1.59. The summed E-state index contributed by atoms with van der Waals surface area (Å²) in [4.78, 5) is 43.4. The van der Waals surface area contributed by atoms with E-state index < -0.39 is 28.7 Å². The van der Waals surface area contributed by atoms with Crippen LogP contribution in [-0.2, 0) is 14.4 Å². The SMILES string of the molecule is CCCNC(=O)[C@@H]1[C@@H]2CCC3(S2)C(C(=O)Nc2c(C)cccc2C)N([C@H](CO)c2ccccc2)C(=O)[C@H]13. The molecular weight excluding hydrogens is 486 g/mol. The lowest BCUT2D eigenvalue weighted by molar-refractivity contribution is -0.142. The van der Waals surface area contributed by atoms with Gasteiger partial charge in [0.25, 0.3) is 0 Å². The molecule has 3 heterocycles. The fraction of sp³-hybridized carbons (Fsp3) is 0.483. The molecule has 1 spiro atoms. The maximum absolute atomic E-state index is 14.3. The molecular formula is C29H35N3O4S. The summed E-state index contributed by atoms with van der Waals surface area (Å²) in [5.74, 6) is -1.65. The highest BCUT2D eigenvalue weighted by molar-refractivity contribution is 8.02. The molecule has 0 radical (unpaired) electrons. The third kappa shape index (κ3) is 4.14. The number of aliphatic hydroxyl groups excluding tert-OH is 1. The molecule has 3 saturated heterocycles. The number of hydrogen-bond acceptors (Lipinski definition) is 5. The lowest BCUT2D eigenvalue weighted by atomic mass is 9.70. The van der Waals surface area contributed by atoms with Gasteiger partial charge in [-0.3, -0.25) is 14.4 Å². The van der Waals surface area contributed by atoms with E-state index in [0.29, 0.717) is 13.0 Å². The van der Waals surface area contributed by atoms with Gasteiger partial charge < -0.3 is 20.6 Å². The van der Waals surface area contributed by atoms with Gasteiger partial charge in [-0.15, -0.1) is 11.8 Å². The highest BCUT2D eigenvalue weighted by Crippen LogP contribution is 2.67. The first-order chi connectivity index (χ1) is 17.8. The van der Waals surface area contributed by atoms with E-state index in [4.69, 9.17) is 0 Å². The zero-order chi connectivity index (χ0) is 26.3. The minimum atomic E-state index is -0.805. The number of likely N-dealkylation sites (tertiary alicyclic amines) is 1. The van der Waals surface area contributed by atoms with E-state index in [-0.39, 0.29) is 29.6 Å². The summed E-state index contributed by atoms with van der Waals surface area (Å²) in [6, 6.07) is 13.7. The van der Waals surface area contributed by atoms with Crippen LogP contribution in [0.25, 0.3) is 0 Å². The molecule has 196 valence electrons. The van der Waals surface area contributed by atoms with E-state index in [1.165, 1.54) is 0 Å². The molecule has 3 amide bonds. The number of fused-ring (bicyclic) bond motifs is 1. The van der Waals surface area contributed by atoms with Gasteiger partial charge in [-0.1, -0.05) is 55.5 Å². The largest absolute Gasteiger partial charge is 0.394 e. The van der Waals surface area contributed by atoms with Gasteiger partial charge in [-0.25, -0.2) is 0 Å². The minimum absolute atomic E-state index is 0.00718. The highest BCUT2D eigenvalue weighted by Gasteiger charge is 2.74. The Morgan fingerprint density at radius 2 is 1.81 bits per heavy atom. The number of nitrogens with zero attached hydrogens (tertiary/aromatic N) is 1. The molecule has 0 aromatic heterocycles. The smallest absolute Gasteiger partial charge is 0.248 e. The van der Waals surface area contributed by atoms with Crippen LogP contribution in [0.2, 0.25) is 0 Å². The summed E-state index contributed by atoms with van der Waals surface area (Å²) in [5.41, 5.74) is 3.40. The summed E-state index contributed by atoms with van der Waals surface area (Å²) in [6.07, 6.45) is 2.28. The third-order valence-electron chi connectivity index (χ3n) is 8.26. The number of carbonyl (C=O) groups is 3. The first-order valence-electron chi connectivity index (χ1n) is 13.1. The Hall–Kier alpha value is -2.84. The molecule has 0 saturated carbocycles. The Morgan fingerprint density at radius 1 is 1.11 bits per heavy atom. The Labute approximate surface area is 222 Å². The fourth-order valence-electron chi connectivity index (χ4n) is 6.63. The van der Waals surface area contributed by atoms with E-state index in [1.54, 1.807) is 16.7 Å². The fourth-order valence-corrected chi connectivity index (χ4v) is 8.83. The van der Waals surface area contributed by atoms with Gasteiger partial charge in [0.05, 0.1) is 29.2 Å². The second kappa shape index (κ2) is 10.1. The van der Waals surface area contributed by atoms with Crippen molar-refractivity contribution < 1.29 is 19.5 Å². The van der Waals surface area contributed by atoms with Crippen LogP contribution in [0.15, 0.2) is 48.5 Å². The molecule has 2 unspecified atom stereocenters. The number of thioether (sulfide) groups is 1. The molecule has 7 nitrogen and oxygen atoms in total. The van der Waals surface area contributed by atoms with Crippen molar-refractivity contribution in [1.82, 2.24) is 10.2 Å². The van der Waals surface area contributed by atoms with Crippen molar-refractivity contribution in [2.75, 3.05) is 18.5 Å². The van der Waals surface area contributed by atoms with Crippen molar-refractivity contribution in [2.45, 2.75) is 62.1 Å². The van der Waals surface area contributed by atoms with Gasteiger partial charge in [-0.2, -0.15) is 0 Å². The van der Waals surface area contributed by atoms with Gasteiger partial charge in [0, 0.05) is 17.5 Å². The quantitative estimate of drug-likeness (QED) is 0.493. The van der Waals surface area contributed by atoms with E-state index in [0.717, 1.165) is 35.2 Å². The van der Waals surface area contributed by atoms with Crippen molar-refractivity contribution >= 4 is 35.2 Å². The monoisotopic (exact) mass is 521 g/mol. The zero-order valence-corrected chi connectivity index (χ0v) is 22.4. The van der Waals surface area contributed by atoms with Crippen molar-refractivity contribution in [3.05, 3.63) is 65.2 Å². The second-order valence-corrected chi connectivity index (χ2v) is 12.1. The number of aryl methyl sites for hydroxylation is 2. The van der Waals surface area contributed by atoms with Gasteiger partial charge in [0.15, 0.2) is 0 Å². The number of anilines is 1. The summed E-state index contributed by atoms with van der Waals surface area (Å²) < 4.78 is -0.709. The van der Waals surface area contributed by atoms with E-state index >= 15 is 0 Å². The average Bonchev–Trinajstić information content (AvgIpc) is 3.54. The molecule has 5 rings (SSSR count). The van der Waals surface area contributed by atoms with E-state index in [1.807, 2.05) is 69.3 Å². The number of hydrogen-bond donors (Lipinski definition) is 3. The van der Waals surface area contributed by atoms with Crippen molar-refractivity contribution in [3.8, 4) is 0 Å². The van der Waals surface area contributed by atoms with Crippen molar-refractivity contribution in [1.29, 1.82) is 0 Å². The molecule has 37 heavy (non-hydrogen) atoms. The summed E-state index contributed by atoms with van der Waals surface area (Å²) in [6.45, 7) is 6.15. The number of amides is 3. The van der Waals surface area contributed by atoms with Crippen LogP contribution in [0.3, 0.4) is 0 Å². The zero-order valence-electron chi connectivity index (χ0n) is 21.6. The molecule has 3 aliphatic rings. The summed E-state index contributed by atoms with van der Waals surface area (Å²) in [5, 5.41) is 16.7. The molecule has 2 aromatic rings. The average molecular weight is 522 g/mol. The molecule has 2 aromatic carbocycles. The molecule has 8 heteroatoms. The topological polar surface area (TPSA) is 98.7 Å². The maximum atomic E-state index is 14.3. The van der Waals surface area contributed by atoms with Crippen molar-refractivity contribution in [2.24, 2.45) is 11.8 Å². The minimum Gasteiger partial charge on any atom is -0.394 e. The van der Waals surface area contributed by atoms with Crippen molar-refractivity contribution in [3.63, 3.8) is 0 Å². The summed E-state index contributed by atoms with van der Waals surface area (Å²) in [7, 11) is 0. The third-order valence-corrected chi connectivity index (χ3v) is 10.2. The normalized spacial score (nSPS) is 28.8. The van der Waals surface area contributed by atoms with E-state index in [2.05, 4.69) is 10.6 Å². The Bertz CT molecular complexity index is 1180. The van der Waals surface area contributed by atoms with Crippen LogP contribution in [0, 0.1) is 25.7 Å². The lowest BCUT2D eigenvalue weighted by Crippen LogP contribution is -2.52. The molecule has 6 atom stereocenters. The Morgan fingerprint density at radius 3 is 2.46 bits per heavy atom. The van der Waals surface area contributed by atoms with Gasteiger partial charge in [0.2, 0.25) is 17.7 Å². The number of benzene rings is 2. The molecule has 2 bridgehead atoms. The number of nitrogens with one attached hydrogen (secondary N) is 2. The maximum Gasteiger partial charge on any atom is 0.248 e. The first-order valence-corrected chi connectivity index (χ1v) is 14.0. The van der Waals surface area contributed by atoms with Crippen LogP contribution < -0.4 is 10.6 Å². The number of rotatable bonds is 8. The molecule has 0 aliphatic carbocycles. The molecule has 3 aliphatic heterocycles. The lowest BCUT2D eigenvalue weighted by Gasteiger charge is -2.37. The van der Waals surface area contributed by atoms with Gasteiger partial charge >= 0.3 is 0 Å². The summed E-state index contributed by atoms with van der Waals surface area (Å²) >= 11 is 1.64. The predicted molar refractivity (Wildman–Crippen MR) is 145 cm³/mol. The molecule has 3 N–H and O–H groups in total. The van der Waals surface area contributed by atoms with Crippen LogP contribution >= 0.6 is 11.8 Å². The number of aliphatic hydroxyl groups is 1. The van der Waals surface area contributed by atoms with Crippen LogP contribution in [-0.4, -0.2) is 56.9 Å². The first kappa shape index (κ1) is 25.8.